The third-order valence-corrected chi connectivity index (χ3v) is 3.80. The molecule has 0 radical (unpaired) electrons. The van der Waals surface area contributed by atoms with Crippen LogP contribution in [0.5, 0.6) is 0 Å². The molecule has 2 atom stereocenters. The van der Waals surface area contributed by atoms with Gasteiger partial charge in [-0.2, -0.15) is 0 Å². The molecule has 0 aliphatic heterocycles. The Bertz CT molecular complexity index is 522. The normalized spacial score (nSPS) is 20.0. The van der Waals surface area contributed by atoms with Gasteiger partial charge in [0, 0.05) is 19.3 Å². The van der Waals surface area contributed by atoms with E-state index in [-0.39, 0.29) is 23.7 Å². The zero-order valence-electron chi connectivity index (χ0n) is 12.7. The molecule has 0 spiro atoms. The lowest BCUT2D eigenvalue weighted by Crippen LogP contribution is -2.30. The molecule has 1 aromatic rings. The summed E-state index contributed by atoms with van der Waals surface area (Å²) in [6, 6.07) is 5.89. The van der Waals surface area contributed by atoms with Crippen LogP contribution in [0.2, 0.25) is 0 Å². The number of nitrogens with one attached hydrogen (secondary N) is 2. The van der Waals surface area contributed by atoms with Crippen LogP contribution in [-0.2, 0) is 14.3 Å². The number of benzene rings is 1. The SMILES string of the molecule is COCCNC(=O)C1CC1C(=O)Nc1c(C)cccc1C. The molecule has 2 amide bonds. The van der Waals surface area contributed by atoms with Crippen LogP contribution in [-0.4, -0.2) is 32.1 Å². The summed E-state index contributed by atoms with van der Waals surface area (Å²) in [4.78, 5) is 24.0. The van der Waals surface area contributed by atoms with Gasteiger partial charge in [-0.1, -0.05) is 18.2 Å². The molecule has 0 heterocycles. The smallest absolute Gasteiger partial charge is 0.228 e. The average Bonchev–Trinajstić information content (AvgIpc) is 3.23. The molecule has 0 bridgehead atoms. The van der Waals surface area contributed by atoms with Gasteiger partial charge in [0.1, 0.15) is 0 Å². The van der Waals surface area contributed by atoms with E-state index in [9.17, 15) is 9.59 Å². The van der Waals surface area contributed by atoms with E-state index >= 15 is 0 Å². The van der Waals surface area contributed by atoms with Crippen molar-refractivity contribution in [3.05, 3.63) is 29.3 Å². The lowest BCUT2D eigenvalue weighted by molar-refractivity contribution is -0.125. The lowest BCUT2D eigenvalue weighted by atomic mass is 10.1. The fraction of sp³-hybridized carbons (Fsp3) is 0.500. The summed E-state index contributed by atoms with van der Waals surface area (Å²) in [5.74, 6) is -0.550. The minimum absolute atomic E-state index is 0.0614. The molecular weight excluding hydrogens is 268 g/mol. The Balaban J connectivity index is 1.87. The van der Waals surface area contributed by atoms with Gasteiger partial charge in [0.15, 0.2) is 0 Å². The van der Waals surface area contributed by atoms with Crippen molar-refractivity contribution in [1.29, 1.82) is 0 Å². The maximum absolute atomic E-state index is 12.2. The zero-order valence-corrected chi connectivity index (χ0v) is 12.7. The first kappa shape index (κ1) is 15.5. The number of anilines is 1. The predicted octanol–water partition coefficient (Wildman–Crippen LogP) is 1.64. The molecule has 21 heavy (non-hydrogen) atoms. The van der Waals surface area contributed by atoms with Gasteiger partial charge in [-0.05, 0) is 31.4 Å². The topological polar surface area (TPSA) is 67.4 Å². The first-order valence-corrected chi connectivity index (χ1v) is 7.18. The van der Waals surface area contributed by atoms with Gasteiger partial charge >= 0.3 is 0 Å². The number of aryl methyl sites for hydroxylation is 2. The molecule has 0 aromatic heterocycles. The van der Waals surface area contributed by atoms with Crippen LogP contribution < -0.4 is 10.6 Å². The highest BCUT2D eigenvalue weighted by Gasteiger charge is 2.47. The highest BCUT2D eigenvalue weighted by atomic mass is 16.5. The molecule has 2 unspecified atom stereocenters. The summed E-state index contributed by atoms with van der Waals surface area (Å²) >= 11 is 0. The Morgan fingerprint density at radius 1 is 1.19 bits per heavy atom. The standard InChI is InChI=1S/C16H22N2O3/c1-10-5-4-6-11(2)14(10)18-16(20)13-9-12(13)15(19)17-7-8-21-3/h4-6,12-13H,7-9H2,1-3H3,(H,17,19)(H,18,20). The summed E-state index contributed by atoms with van der Waals surface area (Å²) < 4.78 is 4.88. The average molecular weight is 290 g/mol. The van der Waals surface area contributed by atoms with Crippen LogP contribution >= 0.6 is 0 Å². The van der Waals surface area contributed by atoms with Crippen LogP contribution in [0.1, 0.15) is 17.5 Å². The lowest BCUT2D eigenvalue weighted by Gasteiger charge is -2.11. The number of hydrogen-bond donors (Lipinski definition) is 2. The van der Waals surface area contributed by atoms with Crippen LogP contribution in [0.4, 0.5) is 5.69 Å². The third kappa shape index (κ3) is 3.82. The highest BCUT2D eigenvalue weighted by molar-refractivity contribution is 6.00. The van der Waals surface area contributed by atoms with Gasteiger partial charge in [-0.25, -0.2) is 0 Å². The molecule has 1 aliphatic carbocycles. The molecule has 5 heteroatoms. The van der Waals surface area contributed by atoms with Crippen molar-refractivity contribution >= 4 is 17.5 Å². The van der Waals surface area contributed by atoms with E-state index < -0.39 is 0 Å². The summed E-state index contributed by atoms with van der Waals surface area (Å²) in [6.45, 7) is 4.89. The van der Waals surface area contributed by atoms with Crippen molar-refractivity contribution in [2.45, 2.75) is 20.3 Å². The second kappa shape index (κ2) is 6.72. The molecule has 2 N–H and O–H groups in total. The van der Waals surface area contributed by atoms with E-state index in [4.69, 9.17) is 4.74 Å². The summed E-state index contributed by atoms with van der Waals surface area (Å²) in [5, 5.41) is 5.72. The van der Waals surface area contributed by atoms with Gasteiger partial charge in [-0.3, -0.25) is 9.59 Å². The number of rotatable bonds is 6. The molecule has 0 saturated heterocycles. The largest absolute Gasteiger partial charge is 0.383 e. The van der Waals surface area contributed by atoms with E-state index in [0.717, 1.165) is 16.8 Å². The number of carbonyl (C=O) groups is 2. The van der Waals surface area contributed by atoms with Crippen molar-refractivity contribution in [3.63, 3.8) is 0 Å². The van der Waals surface area contributed by atoms with E-state index in [1.165, 1.54) is 0 Å². The summed E-state index contributed by atoms with van der Waals surface area (Å²) in [7, 11) is 1.59. The minimum Gasteiger partial charge on any atom is -0.383 e. The second-order valence-electron chi connectivity index (χ2n) is 5.49. The monoisotopic (exact) mass is 290 g/mol. The fourth-order valence-electron chi connectivity index (χ4n) is 2.41. The van der Waals surface area contributed by atoms with Crippen LogP contribution in [0.3, 0.4) is 0 Å². The van der Waals surface area contributed by atoms with E-state index in [1.807, 2.05) is 32.0 Å². The van der Waals surface area contributed by atoms with Crippen LogP contribution in [0.15, 0.2) is 18.2 Å². The Labute approximate surface area is 125 Å². The number of amides is 2. The molecule has 1 aliphatic rings. The van der Waals surface area contributed by atoms with Gasteiger partial charge in [0.05, 0.1) is 18.4 Å². The Kier molecular flexibility index (Phi) is 4.96. The van der Waals surface area contributed by atoms with Crippen molar-refractivity contribution in [3.8, 4) is 0 Å². The maximum Gasteiger partial charge on any atom is 0.228 e. The Hall–Kier alpha value is -1.88. The number of carbonyl (C=O) groups excluding carboxylic acids is 2. The van der Waals surface area contributed by atoms with Gasteiger partial charge < -0.3 is 15.4 Å². The first-order chi connectivity index (χ1) is 10.0. The zero-order chi connectivity index (χ0) is 15.4. The Morgan fingerprint density at radius 3 is 2.43 bits per heavy atom. The van der Waals surface area contributed by atoms with Crippen molar-refractivity contribution in [2.24, 2.45) is 11.8 Å². The van der Waals surface area contributed by atoms with E-state index in [0.29, 0.717) is 19.6 Å². The van der Waals surface area contributed by atoms with Gasteiger partial charge in [-0.15, -0.1) is 0 Å². The first-order valence-electron chi connectivity index (χ1n) is 7.18. The Morgan fingerprint density at radius 2 is 1.81 bits per heavy atom. The minimum atomic E-state index is -0.216. The highest BCUT2D eigenvalue weighted by Crippen LogP contribution is 2.39. The second-order valence-corrected chi connectivity index (χ2v) is 5.49. The molecule has 1 saturated carbocycles. The summed E-state index contributed by atoms with van der Waals surface area (Å²) in [5.41, 5.74) is 2.92. The maximum atomic E-state index is 12.2. The fourth-order valence-corrected chi connectivity index (χ4v) is 2.41. The van der Waals surface area contributed by atoms with E-state index in [2.05, 4.69) is 10.6 Å². The van der Waals surface area contributed by atoms with E-state index in [1.54, 1.807) is 7.11 Å². The van der Waals surface area contributed by atoms with Crippen molar-refractivity contribution in [1.82, 2.24) is 5.32 Å². The van der Waals surface area contributed by atoms with Gasteiger partial charge in [0.25, 0.3) is 0 Å². The molecular formula is C16H22N2O3. The number of hydrogen-bond acceptors (Lipinski definition) is 3. The predicted molar refractivity (Wildman–Crippen MR) is 81.0 cm³/mol. The van der Waals surface area contributed by atoms with Gasteiger partial charge in [0.2, 0.25) is 11.8 Å². The molecule has 1 aromatic carbocycles. The third-order valence-electron chi connectivity index (χ3n) is 3.80. The summed E-state index contributed by atoms with van der Waals surface area (Å²) in [6.07, 6.45) is 0.621. The number of methoxy groups -OCH3 is 1. The molecule has 2 rings (SSSR count). The van der Waals surface area contributed by atoms with Crippen molar-refractivity contribution < 1.29 is 14.3 Å². The molecule has 114 valence electrons. The van der Waals surface area contributed by atoms with Crippen LogP contribution in [0.25, 0.3) is 0 Å². The van der Waals surface area contributed by atoms with Crippen LogP contribution in [0, 0.1) is 25.7 Å². The number of ether oxygens (including phenoxy) is 1. The quantitative estimate of drug-likeness (QED) is 0.783. The van der Waals surface area contributed by atoms with Crippen molar-refractivity contribution in [2.75, 3.05) is 25.6 Å². The number of para-hydroxylation sites is 1. The molecule has 5 nitrogen and oxygen atoms in total. The molecule has 1 fully saturated rings.